The van der Waals surface area contributed by atoms with E-state index in [4.69, 9.17) is 23.2 Å². The first-order valence-electron chi connectivity index (χ1n) is 14.1. The second kappa shape index (κ2) is 12.5. The Morgan fingerprint density at radius 2 is 1.71 bits per heavy atom. The normalized spacial score (nSPS) is 21.3. The van der Waals surface area contributed by atoms with Gasteiger partial charge in [0.15, 0.2) is 6.54 Å². The van der Waals surface area contributed by atoms with Crippen molar-refractivity contribution in [1.82, 2.24) is 14.8 Å². The zero-order valence-electron chi connectivity index (χ0n) is 23.5. The second-order valence-corrected chi connectivity index (χ2v) is 12.2. The fourth-order valence-corrected chi connectivity index (χ4v) is 6.49. The Hall–Kier alpha value is -2.73. The van der Waals surface area contributed by atoms with E-state index in [0.717, 1.165) is 55.2 Å². The number of halogens is 5. The Kier molecular flexibility index (Phi) is 9.13. The van der Waals surface area contributed by atoms with Crippen LogP contribution in [-0.4, -0.2) is 71.8 Å². The van der Waals surface area contributed by atoms with Crippen LogP contribution in [0, 0.1) is 0 Å². The van der Waals surface area contributed by atoms with Crippen LogP contribution < -0.4 is 25.8 Å². The number of aromatic nitrogens is 2. The van der Waals surface area contributed by atoms with Gasteiger partial charge < -0.3 is 4.90 Å². The van der Waals surface area contributed by atoms with Crippen LogP contribution >= 0.6 is 23.2 Å². The molecule has 0 bridgehead atoms. The number of piperidine rings is 1. The molecule has 2 fully saturated rings. The number of nitrogens with zero attached hydrogens (tertiary/aromatic N) is 5. The lowest BCUT2D eigenvalue weighted by molar-refractivity contribution is -0.702. The van der Waals surface area contributed by atoms with Gasteiger partial charge in [0.1, 0.15) is 12.4 Å². The van der Waals surface area contributed by atoms with Crippen molar-refractivity contribution in [2.24, 2.45) is 0 Å². The van der Waals surface area contributed by atoms with Crippen LogP contribution in [0.3, 0.4) is 0 Å². The summed E-state index contributed by atoms with van der Waals surface area (Å²) in [7, 11) is 0. The van der Waals surface area contributed by atoms with Gasteiger partial charge in [0.2, 0.25) is 0 Å². The molecule has 42 heavy (non-hydrogen) atoms. The van der Waals surface area contributed by atoms with Gasteiger partial charge in [-0.15, -0.1) is 0 Å². The standard InChI is InChI=1S/C29H33Cl2F3N6O2/c1-18-14-39(19(2)13-38(18)23-7-9-37(10-8-23)15-20-3-5-22(30)6-4-20)26-24(31)11-21(12-35-26)16-40-27(25(41)28(40)42)36-17-29(32,33)34/h3-6,11-12,18-19,23H,7-10,13-17H2,1-2H3/p+1/t18-,19+/m1/s1. The minimum atomic E-state index is -4.52. The number of piperazine rings is 1. The van der Waals surface area contributed by atoms with Gasteiger partial charge in [0, 0.05) is 54.5 Å². The monoisotopic (exact) mass is 625 g/mol. The molecule has 2 saturated heterocycles. The summed E-state index contributed by atoms with van der Waals surface area (Å²) in [6, 6.07) is 10.6. The van der Waals surface area contributed by atoms with Crippen LogP contribution in [0.25, 0.3) is 0 Å². The van der Waals surface area contributed by atoms with Crippen LogP contribution in [0.5, 0.6) is 0 Å². The Bertz CT molecular complexity index is 1470. The highest BCUT2D eigenvalue weighted by Crippen LogP contribution is 2.31. The smallest absolute Gasteiger partial charge is 0.350 e. The number of alkyl halides is 3. The molecule has 2 aliphatic rings. The summed E-state index contributed by atoms with van der Waals surface area (Å²) in [5, 5.41) is 3.16. The van der Waals surface area contributed by atoms with Crippen LogP contribution in [0.15, 0.2) is 46.1 Å². The quantitative estimate of drug-likeness (QED) is 0.301. The fourth-order valence-electron chi connectivity index (χ4n) is 6.07. The second-order valence-electron chi connectivity index (χ2n) is 11.4. The Labute approximate surface area is 252 Å². The number of likely N-dealkylation sites (tertiary alicyclic amines) is 1. The first kappa shape index (κ1) is 30.7. The molecule has 1 aromatic carbocycles. The third-order valence-electron chi connectivity index (χ3n) is 8.25. The molecule has 5 rings (SSSR count). The lowest BCUT2D eigenvalue weighted by Crippen LogP contribution is -2.67. The largest absolute Gasteiger partial charge is 0.425 e. The minimum Gasteiger partial charge on any atom is -0.350 e. The summed E-state index contributed by atoms with van der Waals surface area (Å²) >= 11 is 12.7. The number of pyridine rings is 1. The van der Waals surface area contributed by atoms with E-state index in [1.165, 1.54) is 5.56 Å². The van der Waals surface area contributed by atoms with Crippen molar-refractivity contribution in [3.63, 3.8) is 0 Å². The third kappa shape index (κ3) is 6.90. The lowest BCUT2D eigenvalue weighted by Gasteiger charge is -2.49. The highest BCUT2D eigenvalue weighted by molar-refractivity contribution is 6.33. The van der Waals surface area contributed by atoms with Crippen molar-refractivity contribution in [1.29, 1.82) is 0 Å². The van der Waals surface area contributed by atoms with Gasteiger partial charge in [-0.2, -0.15) is 17.7 Å². The lowest BCUT2D eigenvalue weighted by atomic mass is 9.97. The van der Waals surface area contributed by atoms with E-state index in [1.54, 1.807) is 12.3 Å². The molecule has 13 heteroatoms. The van der Waals surface area contributed by atoms with Crippen molar-refractivity contribution in [3.8, 4) is 0 Å². The summed E-state index contributed by atoms with van der Waals surface area (Å²) in [5.41, 5.74) is -0.0526. The predicted octanol–water partition coefficient (Wildman–Crippen LogP) is 3.86. The summed E-state index contributed by atoms with van der Waals surface area (Å²) in [6.07, 6.45) is -0.754. The maximum absolute atomic E-state index is 12.6. The van der Waals surface area contributed by atoms with E-state index in [9.17, 15) is 22.8 Å². The Morgan fingerprint density at radius 3 is 2.36 bits per heavy atom. The molecule has 0 saturated carbocycles. The van der Waals surface area contributed by atoms with Crippen LogP contribution in [-0.2, 0) is 13.1 Å². The first-order valence-corrected chi connectivity index (χ1v) is 14.8. The predicted molar refractivity (Wildman–Crippen MR) is 157 cm³/mol. The minimum absolute atomic E-state index is 0.103. The van der Waals surface area contributed by atoms with E-state index in [2.05, 4.69) is 45.7 Å². The number of benzene rings is 1. The number of anilines is 2. The van der Waals surface area contributed by atoms with Crippen LogP contribution in [0.2, 0.25) is 10.0 Å². The van der Waals surface area contributed by atoms with E-state index < -0.39 is 23.7 Å². The molecule has 2 atom stereocenters. The molecule has 0 aliphatic carbocycles. The maximum atomic E-state index is 12.6. The molecular formula is C29H34Cl2F3N6O2+. The van der Waals surface area contributed by atoms with E-state index in [0.29, 0.717) is 22.4 Å². The summed E-state index contributed by atoms with van der Waals surface area (Å²) in [5.74, 6) is 0.259. The molecule has 0 amide bonds. The molecule has 8 nitrogen and oxygen atoms in total. The number of nitrogens with one attached hydrogen (secondary N) is 1. The first-order chi connectivity index (χ1) is 19.9. The van der Waals surface area contributed by atoms with Crippen molar-refractivity contribution < 1.29 is 17.7 Å². The van der Waals surface area contributed by atoms with Crippen LogP contribution in [0.4, 0.5) is 24.8 Å². The van der Waals surface area contributed by atoms with Gasteiger partial charge >= 0.3 is 23.0 Å². The molecule has 226 valence electrons. The summed E-state index contributed by atoms with van der Waals surface area (Å²) in [4.78, 5) is 35.7. The van der Waals surface area contributed by atoms with Crippen molar-refractivity contribution in [2.75, 3.05) is 42.9 Å². The molecule has 1 N–H and O–H groups in total. The molecule has 0 spiro atoms. The SMILES string of the molecule is C[C@@H]1CN(c2ncc(C[n+]3c(NCC(F)(F)F)c(=O)c3=O)cc2Cl)[C@@H](C)CN1C1CCN(Cc2ccc(Cl)cc2)CC1. The average molecular weight is 627 g/mol. The molecule has 2 aliphatic heterocycles. The molecule has 4 heterocycles. The fraction of sp³-hybridized carbons (Fsp3) is 0.517. The van der Waals surface area contributed by atoms with Gasteiger partial charge in [0.25, 0.3) is 0 Å². The Balaban J connectivity index is 1.18. The summed E-state index contributed by atoms with van der Waals surface area (Å²) in [6.45, 7) is 7.49. The molecule has 0 unspecified atom stereocenters. The van der Waals surface area contributed by atoms with E-state index >= 15 is 0 Å². The van der Waals surface area contributed by atoms with Gasteiger partial charge in [-0.25, -0.2) is 9.78 Å². The topological polar surface area (TPSA) is 72.7 Å². The van der Waals surface area contributed by atoms with Gasteiger partial charge in [-0.1, -0.05) is 35.3 Å². The number of hydrogen-bond donors (Lipinski definition) is 1. The van der Waals surface area contributed by atoms with Crippen molar-refractivity contribution in [3.05, 3.63) is 78.3 Å². The summed E-state index contributed by atoms with van der Waals surface area (Å²) < 4.78 is 38.7. The zero-order valence-corrected chi connectivity index (χ0v) is 25.0. The average Bonchev–Trinajstić information content (AvgIpc) is 2.95. The third-order valence-corrected chi connectivity index (χ3v) is 8.78. The van der Waals surface area contributed by atoms with Gasteiger partial charge in [-0.3, -0.25) is 19.9 Å². The highest BCUT2D eigenvalue weighted by atomic mass is 35.5. The number of rotatable bonds is 8. The van der Waals surface area contributed by atoms with Gasteiger partial charge in [0.05, 0.1) is 5.02 Å². The molecule has 2 aromatic heterocycles. The highest BCUT2D eigenvalue weighted by Gasteiger charge is 2.37. The van der Waals surface area contributed by atoms with Crippen molar-refractivity contribution in [2.45, 2.75) is 64.1 Å². The van der Waals surface area contributed by atoms with Crippen molar-refractivity contribution >= 4 is 34.8 Å². The van der Waals surface area contributed by atoms with Crippen LogP contribution in [0.1, 0.15) is 37.8 Å². The maximum Gasteiger partial charge on any atom is 0.425 e. The number of hydrogen-bond acceptors (Lipinski definition) is 7. The van der Waals surface area contributed by atoms with E-state index in [-0.39, 0.29) is 24.4 Å². The molecular weight excluding hydrogens is 592 g/mol. The Morgan fingerprint density at radius 1 is 1.02 bits per heavy atom. The zero-order chi connectivity index (χ0) is 30.2. The van der Waals surface area contributed by atoms with Gasteiger partial charge in [-0.05, 0) is 63.5 Å². The van der Waals surface area contributed by atoms with E-state index in [1.807, 2.05) is 17.4 Å². The molecule has 3 aromatic rings. The molecule has 0 radical (unpaired) electrons.